The fraction of sp³-hybridized carbons (Fsp3) is 0.188. The van der Waals surface area contributed by atoms with Gasteiger partial charge in [0.1, 0.15) is 17.5 Å². The molecule has 0 aliphatic carbocycles. The lowest BCUT2D eigenvalue weighted by atomic mass is 10.1. The van der Waals surface area contributed by atoms with Crippen LogP contribution in [0.25, 0.3) is 10.9 Å². The van der Waals surface area contributed by atoms with Gasteiger partial charge in [0, 0.05) is 24.2 Å². The van der Waals surface area contributed by atoms with Crippen LogP contribution >= 0.6 is 0 Å². The number of hydrogen-bond acceptors (Lipinski definition) is 5. The first-order valence-corrected chi connectivity index (χ1v) is 6.90. The van der Waals surface area contributed by atoms with Gasteiger partial charge in [-0.15, -0.1) is 0 Å². The van der Waals surface area contributed by atoms with Gasteiger partial charge in [-0.2, -0.15) is 0 Å². The largest absolute Gasteiger partial charge is 0.384 e. The summed E-state index contributed by atoms with van der Waals surface area (Å²) in [5.74, 6) is 1.91. The van der Waals surface area contributed by atoms with E-state index >= 15 is 0 Å². The summed E-state index contributed by atoms with van der Waals surface area (Å²) in [7, 11) is 0. The zero-order chi connectivity index (χ0) is 14.7. The van der Waals surface area contributed by atoms with Crippen molar-refractivity contribution < 1.29 is 0 Å². The van der Waals surface area contributed by atoms with E-state index < -0.39 is 0 Å². The number of aromatic nitrogens is 3. The monoisotopic (exact) mass is 279 g/mol. The summed E-state index contributed by atoms with van der Waals surface area (Å²) in [6.07, 6.45) is 2.70. The molecule has 3 rings (SSSR count). The first-order chi connectivity index (χ1) is 10.2. The minimum Gasteiger partial charge on any atom is -0.384 e. The normalized spacial score (nSPS) is 10.7. The number of aryl methyl sites for hydroxylation is 1. The molecule has 0 saturated carbocycles. The fourth-order valence-electron chi connectivity index (χ4n) is 2.38. The highest BCUT2D eigenvalue weighted by Crippen LogP contribution is 2.16. The first-order valence-electron chi connectivity index (χ1n) is 6.90. The zero-order valence-electron chi connectivity index (χ0n) is 11.9. The Bertz CT molecular complexity index is 744. The molecule has 106 valence electrons. The van der Waals surface area contributed by atoms with E-state index in [-0.39, 0.29) is 0 Å². The van der Waals surface area contributed by atoms with Gasteiger partial charge in [-0.25, -0.2) is 9.97 Å². The molecule has 0 aliphatic heterocycles. The van der Waals surface area contributed by atoms with E-state index in [9.17, 15) is 0 Å². The third kappa shape index (κ3) is 3.08. The minimum atomic E-state index is 0.483. The maximum Gasteiger partial charge on any atom is 0.131 e. The highest BCUT2D eigenvalue weighted by Gasteiger charge is 2.03. The van der Waals surface area contributed by atoms with Gasteiger partial charge in [-0.3, -0.25) is 4.98 Å². The fourth-order valence-corrected chi connectivity index (χ4v) is 2.38. The van der Waals surface area contributed by atoms with Crippen LogP contribution in [0.2, 0.25) is 0 Å². The molecular weight excluding hydrogens is 262 g/mol. The lowest BCUT2D eigenvalue weighted by molar-refractivity contribution is 0.987. The Morgan fingerprint density at radius 1 is 1.14 bits per heavy atom. The number of anilines is 2. The molecule has 0 spiro atoms. The summed E-state index contributed by atoms with van der Waals surface area (Å²) >= 11 is 0. The van der Waals surface area contributed by atoms with Crippen molar-refractivity contribution >= 4 is 22.5 Å². The Labute approximate surface area is 123 Å². The average Bonchev–Trinajstić information content (AvgIpc) is 2.46. The third-order valence-corrected chi connectivity index (χ3v) is 3.27. The number of rotatable bonds is 4. The zero-order valence-corrected chi connectivity index (χ0v) is 11.9. The van der Waals surface area contributed by atoms with Gasteiger partial charge in [0.15, 0.2) is 0 Å². The van der Waals surface area contributed by atoms with Crippen LogP contribution < -0.4 is 11.1 Å². The molecule has 5 nitrogen and oxygen atoms in total. The highest BCUT2D eigenvalue weighted by molar-refractivity contribution is 5.81. The number of nitrogen functional groups attached to an aromatic ring is 1. The first kappa shape index (κ1) is 13.3. The molecule has 0 amide bonds. The Morgan fingerprint density at radius 2 is 2.00 bits per heavy atom. The number of pyridine rings is 1. The molecule has 3 aromatic rings. The van der Waals surface area contributed by atoms with E-state index in [0.29, 0.717) is 11.6 Å². The topological polar surface area (TPSA) is 76.7 Å². The lowest BCUT2D eigenvalue weighted by Crippen LogP contribution is -2.08. The van der Waals surface area contributed by atoms with Crippen molar-refractivity contribution in [2.45, 2.75) is 13.3 Å². The lowest BCUT2D eigenvalue weighted by Gasteiger charge is -2.08. The third-order valence-electron chi connectivity index (χ3n) is 3.27. The van der Waals surface area contributed by atoms with E-state index in [0.717, 1.165) is 29.7 Å². The van der Waals surface area contributed by atoms with Crippen molar-refractivity contribution in [1.29, 1.82) is 0 Å². The van der Waals surface area contributed by atoms with E-state index in [1.54, 1.807) is 6.07 Å². The number of nitrogens with two attached hydrogens (primary N) is 1. The van der Waals surface area contributed by atoms with Gasteiger partial charge in [0.05, 0.1) is 5.52 Å². The van der Waals surface area contributed by atoms with Crippen molar-refractivity contribution in [3.8, 4) is 0 Å². The molecule has 0 atom stereocenters. The van der Waals surface area contributed by atoms with Crippen LogP contribution in [0.1, 0.15) is 11.4 Å². The van der Waals surface area contributed by atoms with Crippen molar-refractivity contribution in [1.82, 2.24) is 15.0 Å². The van der Waals surface area contributed by atoms with Gasteiger partial charge < -0.3 is 11.1 Å². The molecule has 2 heterocycles. The molecule has 0 unspecified atom stereocenters. The molecule has 0 radical (unpaired) electrons. The van der Waals surface area contributed by atoms with Gasteiger partial charge in [0.2, 0.25) is 0 Å². The molecular formula is C16H17N5. The minimum absolute atomic E-state index is 0.483. The molecule has 2 aromatic heterocycles. The van der Waals surface area contributed by atoms with Gasteiger partial charge >= 0.3 is 0 Å². The standard InChI is InChI=1S/C16H17N5/c1-11-20-14(17)10-15(21-11)18-9-7-13-5-2-4-12-6-3-8-19-16(12)13/h2-6,8,10H,7,9H2,1H3,(H3,17,18,20,21). The Kier molecular flexibility index (Phi) is 3.64. The maximum atomic E-state index is 5.72. The van der Waals surface area contributed by atoms with Crippen LogP contribution in [0.4, 0.5) is 11.6 Å². The number of nitrogens with one attached hydrogen (secondary N) is 1. The van der Waals surface area contributed by atoms with Crippen LogP contribution in [0.3, 0.4) is 0 Å². The highest BCUT2D eigenvalue weighted by atomic mass is 15.0. The van der Waals surface area contributed by atoms with Gasteiger partial charge in [0.25, 0.3) is 0 Å². The van der Waals surface area contributed by atoms with Crippen LogP contribution in [-0.2, 0) is 6.42 Å². The quantitative estimate of drug-likeness (QED) is 0.767. The van der Waals surface area contributed by atoms with E-state index in [2.05, 4.69) is 44.5 Å². The van der Waals surface area contributed by atoms with E-state index in [1.165, 1.54) is 5.56 Å². The molecule has 5 heteroatoms. The summed E-state index contributed by atoms with van der Waals surface area (Å²) in [5, 5.41) is 4.44. The predicted octanol–water partition coefficient (Wildman–Crippen LogP) is 2.57. The predicted molar refractivity (Wildman–Crippen MR) is 85.1 cm³/mol. The molecule has 0 fully saturated rings. The average molecular weight is 279 g/mol. The van der Waals surface area contributed by atoms with Crippen molar-refractivity contribution in [2.75, 3.05) is 17.6 Å². The summed E-state index contributed by atoms with van der Waals surface area (Å²) in [4.78, 5) is 12.8. The molecule has 0 saturated heterocycles. The second kappa shape index (κ2) is 5.75. The number of fused-ring (bicyclic) bond motifs is 1. The Morgan fingerprint density at radius 3 is 2.86 bits per heavy atom. The number of benzene rings is 1. The second-order valence-corrected chi connectivity index (χ2v) is 4.89. The number of hydrogen-bond donors (Lipinski definition) is 2. The van der Waals surface area contributed by atoms with Crippen LogP contribution in [0.15, 0.2) is 42.6 Å². The summed E-state index contributed by atoms with van der Waals surface area (Å²) in [6, 6.07) is 12.0. The SMILES string of the molecule is Cc1nc(N)cc(NCCc2cccc3cccnc23)n1. The smallest absolute Gasteiger partial charge is 0.131 e. The molecule has 3 N–H and O–H groups in total. The molecule has 0 aliphatic rings. The van der Waals surface area contributed by atoms with Gasteiger partial charge in [-0.05, 0) is 25.0 Å². The summed E-state index contributed by atoms with van der Waals surface area (Å²) in [6.45, 7) is 2.60. The Hall–Kier alpha value is -2.69. The molecule has 21 heavy (non-hydrogen) atoms. The van der Waals surface area contributed by atoms with E-state index in [4.69, 9.17) is 5.73 Å². The second-order valence-electron chi connectivity index (χ2n) is 4.89. The van der Waals surface area contributed by atoms with Crippen molar-refractivity contribution in [3.63, 3.8) is 0 Å². The summed E-state index contributed by atoms with van der Waals surface area (Å²) in [5.41, 5.74) is 7.99. The maximum absolute atomic E-state index is 5.72. The van der Waals surface area contributed by atoms with Gasteiger partial charge in [-0.1, -0.05) is 24.3 Å². The molecule has 0 bridgehead atoms. The van der Waals surface area contributed by atoms with Crippen molar-refractivity contribution in [3.05, 3.63) is 54.0 Å². The number of nitrogens with zero attached hydrogens (tertiary/aromatic N) is 3. The van der Waals surface area contributed by atoms with Crippen LogP contribution in [0.5, 0.6) is 0 Å². The molecule has 1 aromatic carbocycles. The van der Waals surface area contributed by atoms with E-state index in [1.807, 2.05) is 19.2 Å². The van der Waals surface area contributed by atoms with Crippen LogP contribution in [-0.4, -0.2) is 21.5 Å². The van der Waals surface area contributed by atoms with Crippen molar-refractivity contribution in [2.24, 2.45) is 0 Å². The van der Waals surface area contributed by atoms with Crippen LogP contribution in [0, 0.1) is 6.92 Å². The Balaban J connectivity index is 1.72. The number of para-hydroxylation sites is 1. The summed E-state index contributed by atoms with van der Waals surface area (Å²) < 4.78 is 0.